The summed E-state index contributed by atoms with van der Waals surface area (Å²) in [5.74, 6) is -0.859. The molecule has 29 heavy (non-hydrogen) atoms. The minimum Gasteiger partial charge on any atom is -0.449 e. The number of pyridine rings is 1. The lowest BCUT2D eigenvalue weighted by molar-refractivity contribution is -0.384. The van der Waals surface area contributed by atoms with Crippen molar-refractivity contribution in [3.05, 3.63) is 75.7 Å². The zero-order chi connectivity index (χ0) is 21.0. The number of non-ortho nitro benzene ring substituents is 1. The van der Waals surface area contributed by atoms with Crippen LogP contribution in [0.2, 0.25) is 5.02 Å². The fourth-order valence-corrected chi connectivity index (χ4v) is 2.50. The number of aromatic nitrogens is 3. The van der Waals surface area contributed by atoms with Crippen LogP contribution < -0.4 is 5.32 Å². The molecule has 3 aromatic rings. The minimum absolute atomic E-state index is 0.00973. The molecule has 1 unspecified atom stereocenters. The fraction of sp³-hybridized carbons (Fsp3) is 0.111. The van der Waals surface area contributed by atoms with Gasteiger partial charge in [-0.25, -0.2) is 14.5 Å². The van der Waals surface area contributed by atoms with E-state index in [4.69, 9.17) is 16.3 Å². The fourth-order valence-electron chi connectivity index (χ4n) is 2.28. The van der Waals surface area contributed by atoms with E-state index in [1.54, 1.807) is 24.5 Å². The number of carbonyl (C=O) groups excluding carboxylic acids is 2. The number of hydrogen-bond donors (Lipinski definition) is 1. The first kappa shape index (κ1) is 20.0. The highest BCUT2D eigenvalue weighted by molar-refractivity contribution is 6.34. The molecule has 0 radical (unpaired) electrons. The van der Waals surface area contributed by atoms with Crippen LogP contribution in [0.15, 0.2) is 55.0 Å². The quantitative estimate of drug-likeness (QED) is 0.372. The standard InChI is InChI=1S/C18H14ClN5O5/c1-11(17(25)22-15-5-4-13(24(27)28)9-14(15)19)29-18(26)12-3-6-16(20-10-12)23-8-2-7-21-23/h2-11H,1H3,(H,22,25). The molecule has 10 nitrogen and oxygen atoms in total. The highest BCUT2D eigenvalue weighted by Crippen LogP contribution is 2.26. The summed E-state index contributed by atoms with van der Waals surface area (Å²) in [5.41, 5.74) is 0.114. The number of amides is 1. The molecule has 0 saturated carbocycles. The van der Waals surface area contributed by atoms with Crippen LogP contribution in [-0.2, 0) is 9.53 Å². The zero-order valence-corrected chi connectivity index (χ0v) is 15.7. The van der Waals surface area contributed by atoms with Crippen LogP contribution in [0.4, 0.5) is 11.4 Å². The van der Waals surface area contributed by atoms with Crippen molar-refractivity contribution in [2.45, 2.75) is 13.0 Å². The first-order chi connectivity index (χ1) is 13.8. The van der Waals surface area contributed by atoms with Gasteiger partial charge in [-0.3, -0.25) is 14.9 Å². The second-order valence-electron chi connectivity index (χ2n) is 5.81. The molecule has 0 aliphatic rings. The van der Waals surface area contributed by atoms with Crippen molar-refractivity contribution >= 4 is 34.9 Å². The number of nitrogens with zero attached hydrogens (tertiary/aromatic N) is 4. The Kier molecular flexibility index (Phi) is 5.84. The number of hydrogen-bond acceptors (Lipinski definition) is 7. The predicted molar refractivity (Wildman–Crippen MR) is 103 cm³/mol. The Morgan fingerprint density at radius 2 is 2.10 bits per heavy atom. The number of nitrogens with one attached hydrogen (secondary N) is 1. The second-order valence-corrected chi connectivity index (χ2v) is 6.22. The molecule has 0 spiro atoms. The molecule has 0 saturated heterocycles. The van der Waals surface area contributed by atoms with E-state index in [1.807, 2.05) is 0 Å². The Bertz CT molecular complexity index is 1050. The topological polar surface area (TPSA) is 129 Å². The number of anilines is 1. The molecule has 1 N–H and O–H groups in total. The van der Waals surface area contributed by atoms with Crippen LogP contribution in [0.1, 0.15) is 17.3 Å². The number of ether oxygens (including phenoxy) is 1. The summed E-state index contributed by atoms with van der Waals surface area (Å²) in [6.45, 7) is 1.39. The lowest BCUT2D eigenvalue weighted by atomic mass is 10.2. The molecule has 2 aromatic heterocycles. The van der Waals surface area contributed by atoms with Gasteiger partial charge >= 0.3 is 5.97 Å². The number of carbonyl (C=O) groups is 2. The molecule has 1 aromatic carbocycles. The van der Waals surface area contributed by atoms with E-state index in [0.717, 1.165) is 6.07 Å². The van der Waals surface area contributed by atoms with Gasteiger partial charge in [0, 0.05) is 30.7 Å². The largest absolute Gasteiger partial charge is 0.449 e. The van der Waals surface area contributed by atoms with E-state index in [9.17, 15) is 19.7 Å². The Morgan fingerprint density at radius 1 is 1.31 bits per heavy atom. The lowest BCUT2D eigenvalue weighted by Gasteiger charge is -2.14. The highest BCUT2D eigenvalue weighted by atomic mass is 35.5. The summed E-state index contributed by atoms with van der Waals surface area (Å²) in [5, 5.41) is 17.2. The van der Waals surface area contributed by atoms with Crippen molar-refractivity contribution < 1.29 is 19.2 Å². The predicted octanol–water partition coefficient (Wildman–Crippen LogP) is 3.01. The average molecular weight is 416 g/mol. The molecule has 1 amide bonds. The molecule has 0 bridgehead atoms. The summed E-state index contributed by atoms with van der Waals surface area (Å²) in [6.07, 6.45) is 3.48. The SMILES string of the molecule is CC(OC(=O)c1ccc(-n2cccn2)nc1)C(=O)Nc1ccc([N+](=O)[O-])cc1Cl. The number of halogens is 1. The van der Waals surface area contributed by atoms with Crippen LogP contribution in [0, 0.1) is 10.1 Å². The van der Waals surface area contributed by atoms with Crippen molar-refractivity contribution in [2.24, 2.45) is 0 Å². The first-order valence-corrected chi connectivity index (χ1v) is 8.65. The molecule has 0 aliphatic carbocycles. The van der Waals surface area contributed by atoms with Crippen LogP contribution >= 0.6 is 11.6 Å². The van der Waals surface area contributed by atoms with Gasteiger partial charge in [-0.15, -0.1) is 0 Å². The zero-order valence-electron chi connectivity index (χ0n) is 15.0. The number of esters is 1. The minimum atomic E-state index is -1.14. The third-order valence-electron chi connectivity index (χ3n) is 3.80. The van der Waals surface area contributed by atoms with Gasteiger partial charge in [0.25, 0.3) is 11.6 Å². The van der Waals surface area contributed by atoms with E-state index in [-0.39, 0.29) is 22.0 Å². The third-order valence-corrected chi connectivity index (χ3v) is 4.11. The van der Waals surface area contributed by atoms with Crippen molar-refractivity contribution in [3.8, 4) is 5.82 Å². The van der Waals surface area contributed by atoms with E-state index in [1.165, 1.54) is 36.0 Å². The first-order valence-electron chi connectivity index (χ1n) is 8.27. The number of nitro groups is 1. The molecule has 11 heteroatoms. The third kappa shape index (κ3) is 4.74. The van der Waals surface area contributed by atoms with Crippen LogP contribution in [0.3, 0.4) is 0 Å². The van der Waals surface area contributed by atoms with Gasteiger partial charge < -0.3 is 10.1 Å². The van der Waals surface area contributed by atoms with Gasteiger partial charge in [0.2, 0.25) is 0 Å². The maximum atomic E-state index is 12.3. The van der Waals surface area contributed by atoms with Gasteiger partial charge in [-0.1, -0.05) is 11.6 Å². The smallest absolute Gasteiger partial charge is 0.340 e. The van der Waals surface area contributed by atoms with E-state index in [0.29, 0.717) is 5.82 Å². The van der Waals surface area contributed by atoms with Gasteiger partial charge in [0.05, 0.1) is 21.2 Å². The molecule has 0 aliphatic heterocycles. The van der Waals surface area contributed by atoms with Crippen molar-refractivity contribution in [2.75, 3.05) is 5.32 Å². The van der Waals surface area contributed by atoms with E-state index >= 15 is 0 Å². The normalized spacial score (nSPS) is 11.5. The number of benzene rings is 1. The molecule has 0 fully saturated rings. The monoisotopic (exact) mass is 415 g/mol. The van der Waals surface area contributed by atoms with Gasteiger partial charge in [-0.2, -0.15) is 5.10 Å². The van der Waals surface area contributed by atoms with E-state index < -0.39 is 22.9 Å². The van der Waals surface area contributed by atoms with Gasteiger partial charge in [0.15, 0.2) is 11.9 Å². The Balaban J connectivity index is 1.62. The maximum absolute atomic E-state index is 12.3. The maximum Gasteiger partial charge on any atom is 0.340 e. The molecular weight excluding hydrogens is 402 g/mol. The lowest BCUT2D eigenvalue weighted by Crippen LogP contribution is -2.30. The summed E-state index contributed by atoms with van der Waals surface area (Å²) in [7, 11) is 0. The molecule has 3 rings (SSSR count). The van der Waals surface area contributed by atoms with E-state index in [2.05, 4.69) is 15.4 Å². The summed E-state index contributed by atoms with van der Waals surface area (Å²) >= 11 is 5.94. The molecule has 148 valence electrons. The number of nitro benzene ring substituents is 1. The Hall–Kier alpha value is -3.79. The van der Waals surface area contributed by atoms with Crippen LogP contribution in [0.5, 0.6) is 0 Å². The van der Waals surface area contributed by atoms with Gasteiger partial charge in [-0.05, 0) is 31.2 Å². The Labute approximate surface area is 169 Å². The summed E-state index contributed by atoms with van der Waals surface area (Å²) in [4.78, 5) is 38.7. The molecule has 2 heterocycles. The van der Waals surface area contributed by atoms with Crippen molar-refractivity contribution in [1.82, 2.24) is 14.8 Å². The molecular formula is C18H14ClN5O5. The number of rotatable bonds is 6. The highest BCUT2D eigenvalue weighted by Gasteiger charge is 2.21. The molecule has 1 atom stereocenters. The van der Waals surface area contributed by atoms with Gasteiger partial charge in [0.1, 0.15) is 0 Å². The Morgan fingerprint density at radius 3 is 2.69 bits per heavy atom. The summed E-state index contributed by atoms with van der Waals surface area (Å²) < 4.78 is 6.67. The van der Waals surface area contributed by atoms with Crippen LogP contribution in [-0.4, -0.2) is 37.7 Å². The van der Waals surface area contributed by atoms with Crippen LogP contribution in [0.25, 0.3) is 5.82 Å². The van der Waals surface area contributed by atoms with Crippen molar-refractivity contribution in [3.63, 3.8) is 0 Å². The second kappa shape index (κ2) is 8.48. The van der Waals surface area contributed by atoms with Crippen molar-refractivity contribution in [1.29, 1.82) is 0 Å². The summed E-state index contributed by atoms with van der Waals surface area (Å²) in [6, 6.07) is 8.44. The average Bonchev–Trinajstić information content (AvgIpc) is 3.24.